The van der Waals surface area contributed by atoms with Crippen LogP contribution in [0.4, 0.5) is 0 Å². The van der Waals surface area contributed by atoms with Crippen molar-refractivity contribution in [2.24, 2.45) is 0 Å². The van der Waals surface area contributed by atoms with Gasteiger partial charge in [-0.2, -0.15) is 5.10 Å². The molecule has 2 aromatic heterocycles. The van der Waals surface area contributed by atoms with E-state index in [0.29, 0.717) is 28.2 Å². The summed E-state index contributed by atoms with van der Waals surface area (Å²) < 4.78 is 1.58. The minimum absolute atomic E-state index is 0.0871. The third-order valence-electron chi connectivity index (χ3n) is 4.89. The highest BCUT2D eigenvalue weighted by Crippen LogP contribution is 2.25. The summed E-state index contributed by atoms with van der Waals surface area (Å²) >= 11 is 6.16. The number of hydrogen-bond donors (Lipinski definition) is 0. The molecule has 5 nitrogen and oxygen atoms in total. The fourth-order valence-corrected chi connectivity index (χ4v) is 3.71. The Kier molecular flexibility index (Phi) is 5.00. The lowest BCUT2D eigenvalue weighted by molar-refractivity contribution is 0.217. The molecule has 0 aliphatic carbocycles. The van der Waals surface area contributed by atoms with Crippen molar-refractivity contribution in [1.82, 2.24) is 19.7 Å². The van der Waals surface area contributed by atoms with Gasteiger partial charge < -0.3 is 4.90 Å². The summed E-state index contributed by atoms with van der Waals surface area (Å²) in [5, 5.41) is 5.88. The van der Waals surface area contributed by atoms with Crippen LogP contribution in [0.2, 0.25) is 5.02 Å². The first-order chi connectivity index (χ1) is 12.7. The number of nitrogens with zero attached hydrogens (tertiary/aromatic N) is 4. The molecule has 0 saturated carbocycles. The van der Waals surface area contributed by atoms with Crippen LogP contribution in [0.5, 0.6) is 0 Å². The Hall–Kier alpha value is -2.24. The molecule has 4 rings (SSSR count). The maximum absolute atomic E-state index is 12.9. The van der Waals surface area contributed by atoms with Gasteiger partial charge in [-0.25, -0.2) is 4.68 Å². The number of fused-ring (bicyclic) bond motifs is 1. The van der Waals surface area contributed by atoms with Crippen LogP contribution >= 0.6 is 11.6 Å². The molecule has 0 unspecified atom stereocenters. The quantitative estimate of drug-likeness (QED) is 0.706. The monoisotopic (exact) mass is 368 g/mol. The van der Waals surface area contributed by atoms with Gasteiger partial charge in [0.25, 0.3) is 5.56 Å². The molecule has 1 aromatic carbocycles. The molecule has 6 heteroatoms. The lowest BCUT2D eigenvalue weighted by Gasteiger charge is -2.26. The second kappa shape index (κ2) is 7.56. The van der Waals surface area contributed by atoms with Crippen molar-refractivity contribution in [2.45, 2.75) is 25.8 Å². The summed E-state index contributed by atoms with van der Waals surface area (Å²) in [6.07, 6.45) is 5.46. The van der Waals surface area contributed by atoms with Gasteiger partial charge in [0, 0.05) is 23.3 Å². The van der Waals surface area contributed by atoms with Crippen LogP contribution in [-0.4, -0.2) is 39.3 Å². The minimum atomic E-state index is -0.0871. The Balaban J connectivity index is 1.75. The predicted octanol–water partition coefficient (Wildman–Crippen LogP) is 3.60. The molecule has 1 aliphatic rings. The molecule has 0 N–H and O–H groups in total. The number of benzene rings is 1. The maximum Gasteiger partial charge on any atom is 0.276 e. The van der Waals surface area contributed by atoms with Gasteiger partial charge in [0.2, 0.25) is 0 Å². The van der Waals surface area contributed by atoms with Crippen molar-refractivity contribution in [1.29, 1.82) is 0 Å². The van der Waals surface area contributed by atoms with E-state index in [0.717, 1.165) is 25.2 Å². The molecule has 26 heavy (non-hydrogen) atoms. The number of piperidine rings is 1. The number of hydrogen-bond acceptors (Lipinski definition) is 4. The fourth-order valence-electron chi connectivity index (χ4n) is 3.52. The molecule has 0 amide bonds. The van der Waals surface area contributed by atoms with E-state index in [4.69, 9.17) is 11.6 Å². The molecule has 1 saturated heterocycles. The van der Waals surface area contributed by atoms with Gasteiger partial charge in [-0.3, -0.25) is 9.78 Å². The van der Waals surface area contributed by atoms with Crippen molar-refractivity contribution in [3.63, 3.8) is 0 Å². The zero-order chi connectivity index (χ0) is 17.9. The summed E-state index contributed by atoms with van der Waals surface area (Å²) in [5.74, 6) is 0. The van der Waals surface area contributed by atoms with Crippen LogP contribution < -0.4 is 5.56 Å². The zero-order valence-electron chi connectivity index (χ0n) is 14.6. The molecule has 3 aromatic rings. The van der Waals surface area contributed by atoms with E-state index in [-0.39, 0.29) is 5.56 Å². The van der Waals surface area contributed by atoms with E-state index >= 15 is 0 Å². The summed E-state index contributed by atoms with van der Waals surface area (Å²) in [7, 11) is 0. The van der Waals surface area contributed by atoms with Gasteiger partial charge in [-0.05, 0) is 50.2 Å². The van der Waals surface area contributed by atoms with E-state index in [1.165, 1.54) is 19.3 Å². The summed E-state index contributed by atoms with van der Waals surface area (Å²) in [6.45, 7) is 3.63. The zero-order valence-corrected chi connectivity index (χ0v) is 15.3. The van der Waals surface area contributed by atoms with E-state index in [1.54, 1.807) is 16.9 Å². The Bertz CT molecular complexity index is 979. The van der Waals surface area contributed by atoms with Gasteiger partial charge >= 0.3 is 0 Å². The topological polar surface area (TPSA) is 51.0 Å². The van der Waals surface area contributed by atoms with Crippen molar-refractivity contribution in [3.8, 4) is 11.3 Å². The highest BCUT2D eigenvalue weighted by atomic mass is 35.5. The molecule has 0 atom stereocenters. The SMILES string of the molecule is O=c1c2cccnc2c(-c2cccc(Cl)c2)nn1CCN1CCCCC1. The van der Waals surface area contributed by atoms with Gasteiger partial charge in [0.05, 0.1) is 11.9 Å². The van der Waals surface area contributed by atoms with Crippen LogP contribution in [0, 0.1) is 0 Å². The van der Waals surface area contributed by atoms with E-state index < -0.39 is 0 Å². The third-order valence-corrected chi connectivity index (χ3v) is 5.13. The van der Waals surface area contributed by atoms with Gasteiger partial charge in [-0.1, -0.05) is 30.2 Å². The van der Waals surface area contributed by atoms with Crippen LogP contribution in [-0.2, 0) is 6.54 Å². The van der Waals surface area contributed by atoms with E-state index in [2.05, 4.69) is 15.0 Å². The molecule has 0 spiro atoms. The average Bonchev–Trinajstić information content (AvgIpc) is 2.68. The number of pyridine rings is 1. The Morgan fingerprint density at radius 2 is 1.88 bits per heavy atom. The Morgan fingerprint density at radius 1 is 1.04 bits per heavy atom. The first-order valence-corrected chi connectivity index (χ1v) is 9.44. The van der Waals surface area contributed by atoms with Crippen molar-refractivity contribution in [3.05, 3.63) is 58.0 Å². The second-order valence-electron chi connectivity index (χ2n) is 6.69. The molecule has 1 fully saturated rings. The molecular formula is C20H21ClN4O. The average molecular weight is 369 g/mol. The Labute approximate surface area is 157 Å². The standard InChI is InChI=1S/C20H21ClN4O/c21-16-7-4-6-15(14-16)18-19-17(8-5-9-22-19)20(26)25(23-18)13-12-24-10-2-1-3-11-24/h4-9,14H,1-3,10-13H2. The van der Waals surface area contributed by atoms with Gasteiger partial charge in [0.1, 0.15) is 11.2 Å². The second-order valence-corrected chi connectivity index (χ2v) is 7.13. The largest absolute Gasteiger partial charge is 0.301 e. The third kappa shape index (κ3) is 3.50. The summed E-state index contributed by atoms with van der Waals surface area (Å²) in [6, 6.07) is 11.1. The van der Waals surface area contributed by atoms with Gasteiger partial charge in [-0.15, -0.1) is 0 Å². The molecule has 134 valence electrons. The molecular weight excluding hydrogens is 348 g/mol. The number of rotatable bonds is 4. The molecule has 0 bridgehead atoms. The first kappa shape index (κ1) is 17.2. The fraction of sp³-hybridized carbons (Fsp3) is 0.350. The lowest BCUT2D eigenvalue weighted by Crippen LogP contribution is -2.35. The smallest absolute Gasteiger partial charge is 0.276 e. The number of aromatic nitrogens is 3. The van der Waals surface area contributed by atoms with Crippen molar-refractivity contribution < 1.29 is 0 Å². The first-order valence-electron chi connectivity index (χ1n) is 9.06. The van der Waals surface area contributed by atoms with Gasteiger partial charge in [0.15, 0.2) is 0 Å². The molecule has 0 radical (unpaired) electrons. The van der Waals surface area contributed by atoms with E-state index in [1.807, 2.05) is 30.3 Å². The highest BCUT2D eigenvalue weighted by Gasteiger charge is 2.15. The van der Waals surface area contributed by atoms with Crippen LogP contribution in [0.1, 0.15) is 19.3 Å². The summed E-state index contributed by atoms with van der Waals surface area (Å²) in [4.78, 5) is 19.7. The highest BCUT2D eigenvalue weighted by molar-refractivity contribution is 6.30. The molecule has 1 aliphatic heterocycles. The number of likely N-dealkylation sites (tertiary alicyclic amines) is 1. The lowest BCUT2D eigenvalue weighted by atomic mass is 10.1. The van der Waals surface area contributed by atoms with Crippen LogP contribution in [0.3, 0.4) is 0 Å². The normalized spacial score (nSPS) is 15.4. The molecule has 3 heterocycles. The number of halogens is 1. The minimum Gasteiger partial charge on any atom is -0.301 e. The van der Waals surface area contributed by atoms with Crippen molar-refractivity contribution >= 4 is 22.5 Å². The summed E-state index contributed by atoms with van der Waals surface area (Å²) in [5.41, 5.74) is 2.10. The van der Waals surface area contributed by atoms with E-state index in [9.17, 15) is 4.79 Å². The van der Waals surface area contributed by atoms with Crippen LogP contribution in [0.25, 0.3) is 22.2 Å². The maximum atomic E-state index is 12.9. The van der Waals surface area contributed by atoms with Crippen molar-refractivity contribution in [2.75, 3.05) is 19.6 Å². The Morgan fingerprint density at radius 3 is 2.69 bits per heavy atom. The van der Waals surface area contributed by atoms with Crippen LogP contribution in [0.15, 0.2) is 47.4 Å². The predicted molar refractivity (Wildman–Crippen MR) is 105 cm³/mol.